The van der Waals surface area contributed by atoms with Crippen LogP contribution in [-0.4, -0.2) is 0 Å². The van der Waals surface area contributed by atoms with E-state index in [0.717, 1.165) is 5.56 Å². The zero-order valence-electron chi connectivity index (χ0n) is 9.29. The minimum atomic E-state index is -0.314. The van der Waals surface area contributed by atoms with Gasteiger partial charge in [-0.25, -0.2) is 4.39 Å². The molecular weight excluding hydrogens is 321 g/mol. The number of nitrogen functional groups attached to an aromatic ring is 1. The van der Waals surface area contributed by atoms with Crippen LogP contribution in [0.3, 0.4) is 0 Å². The second-order valence-corrected chi connectivity index (χ2v) is 5.08. The molecule has 0 radical (unpaired) electrons. The normalized spacial score (nSPS) is 10.4. The van der Waals surface area contributed by atoms with Gasteiger partial charge in [0.1, 0.15) is 18.2 Å². The van der Waals surface area contributed by atoms with Gasteiger partial charge in [-0.2, -0.15) is 0 Å². The SMILES string of the molecule is Nc1ccc(OCc2cc(F)cc(Br)c2)c(Cl)c1. The fourth-order valence-electron chi connectivity index (χ4n) is 1.49. The zero-order chi connectivity index (χ0) is 13.1. The number of halogens is 3. The van der Waals surface area contributed by atoms with Crippen molar-refractivity contribution in [1.82, 2.24) is 0 Å². The van der Waals surface area contributed by atoms with Crippen LogP contribution >= 0.6 is 27.5 Å². The number of nitrogens with two attached hydrogens (primary N) is 1. The van der Waals surface area contributed by atoms with E-state index in [9.17, 15) is 4.39 Å². The fraction of sp³-hybridized carbons (Fsp3) is 0.0769. The zero-order valence-corrected chi connectivity index (χ0v) is 11.6. The monoisotopic (exact) mass is 329 g/mol. The van der Waals surface area contributed by atoms with Crippen LogP contribution in [0, 0.1) is 5.82 Å². The molecule has 2 rings (SSSR count). The molecule has 94 valence electrons. The van der Waals surface area contributed by atoms with Crippen molar-refractivity contribution in [3.8, 4) is 5.75 Å². The van der Waals surface area contributed by atoms with Crippen molar-refractivity contribution in [2.45, 2.75) is 6.61 Å². The van der Waals surface area contributed by atoms with Gasteiger partial charge >= 0.3 is 0 Å². The first-order chi connectivity index (χ1) is 8.54. The van der Waals surface area contributed by atoms with Gasteiger partial charge in [0.2, 0.25) is 0 Å². The Hall–Kier alpha value is -1.26. The standard InChI is InChI=1S/C13H10BrClFNO/c14-9-3-8(4-10(16)5-9)7-18-13-2-1-11(17)6-12(13)15/h1-6H,7,17H2. The number of benzene rings is 2. The minimum Gasteiger partial charge on any atom is -0.487 e. The van der Waals surface area contributed by atoms with Crippen LogP contribution in [0.25, 0.3) is 0 Å². The molecule has 2 aromatic rings. The van der Waals surface area contributed by atoms with Crippen LogP contribution < -0.4 is 10.5 Å². The first kappa shape index (κ1) is 13.2. The number of anilines is 1. The predicted octanol–water partition coefficient (Wildman–Crippen LogP) is 4.40. The molecule has 0 bridgehead atoms. The lowest BCUT2D eigenvalue weighted by Crippen LogP contribution is -1.97. The summed E-state index contributed by atoms with van der Waals surface area (Å²) in [4.78, 5) is 0. The molecule has 0 heterocycles. The largest absolute Gasteiger partial charge is 0.487 e. The Balaban J connectivity index is 2.11. The fourth-order valence-corrected chi connectivity index (χ4v) is 2.25. The number of hydrogen-bond acceptors (Lipinski definition) is 2. The first-order valence-electron chi connectivity index (χ1n) is 5.17. The molecular formula is C13H10BrClFNO. The van der Waals surface area contributed by atoms with E-state index in [4.69, 9.17) is 22.1 Å². The molecule has 0 spiro atoms. The Morgan fingerprint density at radius 3 is 2.67 bits per heavy atom. The van der Waals surface area contributed by atoms with Crippen molar-refractivity contribution in [2.24, 2.45) is 0 Å². The van der Waals surface area contributed by atoms with Crippen LogP contribution in [-0.2, 0) is 6.61 Å². The van der Waals surface area contributed by atoms with E-state index < -0.39 is 0 Å². The first-order valence-corrected chi connectivity index (χ1v) is 6.34. The summed E-state index contributed by atoms with van der Waals surface area (Å²) in [6, 6.07) is 9.58. The van der Waals surface area contributed by atoms with Crippen LogP contribution in [0.2, 0.25) is 5.02 Å². The molecule has 0 atom stereocenters. The van der Waals surface area contributed by atoms with E-state index in [2.05, 4.69) is 15.9 Å². The van der Waals surface area contributed by atoms with E-state index in [1.807, 2.05) is 0 Å². The van der Waals surface area contributed by atoms with E-state index >= 15 is 0 Å². The summed E-state index contributed by atoms with van der Waals surface area (Å²) in [7, 11) is 0. The van der Waals surface area contributed by atoms with E-state index in [-0.39, 0.29) is 12.4 Å². The molecule has 2 N–H and O–H groups in total. The third-order valence-corrected chi connectivity index (χ3v) is 3.03. The van der Waals surface area contributed by atoms with Crippen LogP contribution in [0.1, 0.15) is 5.56 Å². The summed E-state index contributed by atoms with van der Waals surface area (Å²) < 4.78 is 19.3. The van der Waals surface area contributed by atoms with Crippen molar-refractivity contribution < 1.29 is 9.13 Å². The second kappa shape index (κ2) is 5.59. The van der Waals surface area contributed by atoms with Gasteiger partial charge in [-0.3, -0.25) is 0 Å². The topological polar surface area (TPSA) is 35.2 Å². The summed E-state index contributed by atoms with van der Waals surface area (Å²) in [5, 5.41) is 0.436. The van der Waals surface area contributed by atoms with Crippen molar-refractivity contribution >= 4 is 33.2 Å². The van der Waals surface area contributed by atoms with E-state index in [1.54, 1.807) is 24.3 Å². The highest BCUT2D eigenvalue weighted by Gasteiger charge is 2.04. The van der Waals surface area contributed by atoms with Gasteiger partial charge in [-0.1, -0.05) is 27.5 Å². The second-order valence-electron chi connectivity index (χ2n) is 3.76. The minimum absolute atomic E-state index is 0.236. The van der Waals surface area contributed by atoms with Gasteiger partial charge in [-0.05, 0) is 42.0 Å². The molecule has 0 fully saturated rings. The highest BCUT2D eigenvalue weighted by atomic mass is 79.9. The smallest absolute Gasteiger partial charge is 0.138 e. The van der Waals surface area contributed by atoms with Gasteiger partial charge in [0.15, 0.2) is 0 Å². The van der Waals surface area contributed by atoms with E-state index in [0.29, 0.717) is 20.9 Å². The molecule has 0 amide bonds. The van der Waals surface area contributed by atoms with Crippen molar-refractivity contribution in [1.29, 1.82) is 0 Å². The number of hydrogen-bond donors (Lipinski definition) is 1. The summed E-state index contributed by atoms with van der Waals surface area (Å²) >= 11 is 9.20. The molecule has 0 saturated carbocycles. The summed E-state index contributed by atoms with van der Waals surface area (Å²) in [6.07, 6.45) is 0. The highest BCUT2D eigenvalue weighted by Crippen LogP contribution is 2.27. The third-order valence-electron chi connectivity index (χ3n) is 2.27. The van der Waals surface area contributed by atoms with Crippen molar-refractivity contribution in [3.63, 3.8) is 0 Å². The molecule has 0 aliphatic heterocycles. The molecule has 0 aliphatic rings. The van der Waals surface area contributed by atoms with Gasteiger partial charge in [0.05, 0.1) is 5.02 Å². The molecule has 0 aromatic heterocycles. The van der Waals surface area contributed by atoms with E-state index in [1.165, 1.54) is 12.1 Å². The summed E-state index contributed by atoms with van der Waals surface area (Å²) in [5.74, 6) is 0.206. The molecule has 2 nitrogen and oxygen atoms in total. The lowest BCUT2D eigenvalue weighted by Gasteiger charge is -2.09. The molecule has 2 aromatic carbocycles. The van der Waals surface area contributed by atoms with Crippen molar-refractivity contribution in [2.75, 3.05) is 5.73 Å². The lowest BCUT2D eigenvalue weighted by molar-refractivity contribution is 0.305. The van der Waals surface area contributed by atoms with Crippen LogP contribution in [0.5, 0.6) is 5.75 Å². The molecule has 5 heteroatoms. The quantitative estimate of drug-likeness (QED) is 0.846. The number of rotatable bonds is 3. The number of ether oxygens (including phenoxy) is 1. The molecule has 0 aliphatic carbocycles. The molecule has 0 unspecified atom stereocenters. The maximum absolute atomic E-state index is 13.2. The highest BCUT2D eigenvalue weighted by molar-refractivity contribution is 9.10. The van der Waals surface area contributed by atoms with Crippen LogP contribution in [0.15, 0.2) is 40.9 Å². The Kier molecular flexibility index (Phi) is 4.09. The van der Waals surface area contributed by atoms with Gasteiger partial charge in [0.25, 0.3) is 0 Å². The maximum atomic E-state index is 13.2. The average Bonchev–Trinajstić information content (AvgIpc) is 2.26. The van der Waals surface area contributed by atoms with Crippen LogP contribution in [0.4, 0.5) is 10.1 Å². The average molecular weight is 331 g/mol. The third kappa shape index (κ3) is 3.37. The Morgan fingerprint density at radius 1 is 1.22 bits per heavy atom. The maximum Gasteiger partial charge on any atom is 0.138 e. The van der Waals surface area contributed by atoms with Gasteiger partial charge in [0, 0.05) is 10.2 Å². The van der Waals surface area contributed by atoms with Crippen molar-refractivity contribution in [3.05, 3.63) is 57.3 Å². The summed E-state index contributed by atoms with van der Waals surface area (Å²) in [6.45, 7) is 0.236. The molecule has 0 saturated heterocycles. The van der Waals surface area contributed by atoms with Gasteiger partial charge < -0.3 is 10.5 Å². The Labute approximate surface area is 118 Å². The predicted molar refractivity (Wildman–Crippen MR) is 74.3 cm³/mol. The Bertz CT molecular complexity index is 557. The lowest BCUT2D eigenvalue weighted by atomic mass is 10.2. The van der Waals surface area contributed by atoms with Gasteiger partial charge in [-0.15, -0.1) is 0 Å². The molecule has 18 heavy (non-hydrogen) atoms. The summed E-state index contributed by atoms with van der Waals surface area (Å²) in [5.41, 5.74) is 6.87. The Morgan fingerprint density at radius 2 is 2.00 bits per heavy atom.